The van der Waals surface area contributed by atoms with E-state index < -0.39 is 17.7 Å². The van der Waals surface area contributed by atoms with E-state index in [0.717, 1.165) is 5.57 Å². The molecule has 1 aliphatic rings. The average molecular weight is 409 g/mol. The molecule has 0 heterocycles. The van der Waals surface area contributed by atoms with Crippen LogP contribution in [-0.4, -0.2) is 50.1 Å². The second kappa shape index (κ2) is 11.9. The van der Waals surface area contributed by atoms with Crippen molar-refractivity contribution in [3.8, 4) is 0 Å². The van der Waals surface area contributed by atoms with Crippen LogP contribution in [0.15, 0.2) is 34.9 Å². The lowest BCUT2D eigenvalue weighted by Crippen LogP contribution is -2.41. The maximum Gasteiger partial charge on any atom is 0.333 e. The van der Waals surface area contributed by atoms with Crippen LogP contribution in [0.2, 0.25) is 0 Å². The lowest BCUT2D eigenvalue weighted by atomic mass is 9.87. The van der Waals surface area contributed by atoms with Crippen molar-refractivity contribution in [2.24, 2.45) is 5.92 Å². The number of carbonyl (C=O) groups is 2. The van der Waals surface area contributed by atoms with E-state index in [-0.39, 0.29) is 11.9 Å². The second-order valence-corrected chi connectivity index (χ2v) is 7.91. The number of esters is 2. The van der Waals surface area contributed by atoms with E-state index >= 15 is 0 Å². The first-order valence-corrected chi connectivity index (χ1v) is 10.2. The predicted octanol–water partition coefficient (Wildman–Crippen LogP) is 3.89. The van der Waals surface area contributed by atoms with Gasteiger partial charge < -0.3 is 19.3 Å². The average Bonchev–Trinajstić information content (AvgIpc) is 2.71. The molecule has 0 radical (unpaired) electrons. The third-order valence-electron chi connectivity index (χ3n) is 5.71. The first-order chi connectivity index (χ1) is 13.7. The van der Waals surface area contributed by atoms with E-state index in [9.17, 15) is 14.7 Å². The summed E-state index contributed by atoms with van der Waals surface area (Å²) in [5.41, 5.74) is 1.45. The third kappa shape index (κ3) is 7.44. The Morgan fingerprint density at radius 3 is 2.21 bits per heavy atom. The molecule has 1 aliphatic carbocycles. The summed E-state index contributed by atoms with van der Waals surface area (Å²) in [5.74, 6) is -0.483. The van der Waals surface area contributed by atoms with Gasteiger partial charge in [-0.1, -0.05) is 37.6 Å². The van der Waals surface area contributed by atoms with Gasteiger partial charge in [-0.15, -0.1) is 0 Å². The molecule has 164 valence electrons. The number of aliphatic hydroxyl groups excluding tert-OH is 1. The molecule has 0 unspecified atom stereocenters. The minimum atomic E-state index is -0.790. The van der Waals surface area contributed by atoms with Gasteiger partial charge in [-0.2, -0.15) is 0 Å². The van der Waals surface area contributed by atoms with Crippen LogP contribution in [0.3, 0.4) is 0 Å². The van der Waals surface area contributed by atoms with E-state index in [2.05, 4.69) is 13.8 Å². The molecule has 0 bridgehead atoms. The molecule has 1 N–H and O–H groups in total. The number of aliphatic hydroxyl groups is 1. The summed E-state index contributed by atoms with van der Waals surface area (Å²) in [6, 6.07) is 0. The van der Waals surface area contributed by atoms with Gasteiger partial charge in [0.1, 0.15) is 0 Å². The Morgan fingerprint density at radius 2 is 1.66 bits per heavy atom. The van der Waals surface area contributed by atoms with E-state index in [0.29, 0.717) is 49.7 Å². The van der Waals surface area contributed by atoms with Crippen LogP contribution in [0.4, 0.5) is 0 Å². The Kier molecular flexibility index (Phi) is 10.3. The topological polar surface area (TPSA) is 82.1 Å². The van der Waals surface area contributed by atoms with Gasteiger partial charge >= 0.3 is 11.9 Å². The van der Waals surface area contributed by atoms with Crippen molar-refractivity contribution in [2.45, 2.75) is 71.0 Å². The minimum absolute atomic E-state index is 0.263. The third-order valence-corrected chi connectivity index (χ3v) is 5.71. The van der Waals surface area contributed by atoms with Crippen molar-refractivity contribution >= 4 is 11.9 Å². The van der Waals surface area contributed by atoms with Gasteiger partial charge in [0, 0.05) is 18.3 Å². The van der Waals surface area contributed by atoms with Crippen LogP contribution in [0.1, 0.15) is 59.3 Å². The summed E-state index contributed by atoms with van der Waals surface area (Å²) in [4.78, 5) is 24.4. The first kappa shape index (κ1) is 25.1. The fourth-order valence-electron chi connectivity index (χ4n) is 3.39. The van der Waals surface area contributed by atoms with Crippen LogP contribution < -0.4 is 0 Å². The molecule has 0 spiro atoms. The zero-order valence-corrected chi connectivity index (χ0v) is 18.6. The summed E-state index contributed by atoms with van der Waals surface area (Å²) in [6.07, 6.45) is 7.91. The maximum absolute atomic E-state index is 12.2. The Labute approximate surface area is 174 Å². The summed E-state index contributed by atoms with van der Waals surface area (Å²) in [5, 5.41) is 10.7. The largest absolute Gasteiger partial charge is 0.466 e. The van der Waals surface area contributed by atoms with Crippen molar-refractivity contribution in [3.05, 3.63) is 34.9 Å². The smallest absolute Gasteiger partial charge is 0.333 e. The van der Waals surface area contributed by atoms with Crippen LogP contribution in [-0.2, 0) is 23.8 Å². The van der Waals surface area contributed by atoms with Crippen molar-refractivity contribution < 1.29 is 28.9 Å². The normalized spacial score (nSPS) is 30.1. The van der Waals surface area contributed by atoms with E-state index in [1.54, 1.807) is 13.2 Å². The molecule has 0 fully saturated rings. The fraction of sp³-hybridized carbons (Fsp3) is 0.652. The Balaban J connectivity index is 3.34. The van der Waals surface area contributed by atoms with E-state index in [1.165, 1.54) is 14.2 Å². The first-order valence-electron chi connectivity index (χ1n) is 10.2. The number of methoxy groups -OCH3 is 3. The van der Waals surface area contributed by atoms with Gasteiger partial charge in [0.15, 0.2) is 0 Å². The lowest BCUT2D eigenvalue weighted by molar-refractivity contribution is -0.137. The highest BCUT2D eigenvalue weighted by molar-refractivity contribution is 5.89. The molecule has 0 saturated carbocycles. The summed E-state index contributed by atoms with van der Waals surface area (Å²) >= 11 is 0. The highest BCUT2D eigenvalue weighted by Crippen LogP contribution is 2.28. The molecule has 6 heteroatoms. The number of carbonyl (C=O) groups excluding carboxylic acids is 2. The molecule has 29 heavy (non-hydrogen) atoms. The minimum Gasteiger partial charge on any atom is -0.466 e. The molecule has 0 amide bonds. The SMILES string of the molecule is COC(=O)/C1=C\CC[C@](C)(OC)[C@@H](O)CC/C(C(=O)OC)=C\C=C(/C(C)C)CC1. The maximum atomic E-state index is 12.2. The Morgan fingerprint density at radius 1 is 1.03 bits per heavy atom. The van der Waals surface area contributed by atoms with Crippen molar-refractivity contribution in [3.63, 3.8) is 0 Å². The predicted molar refractivity (Wildman–Crippen MR) is 112 cm³/mol. The molecule has 2 atom stereocenters. The van der Waals surface area contributed by atoms with E-state index in [1.807, 2.05) is 19.1 Å². The molecule has 0 aromatic rings. The van der Waals surface area contributed by atoms with Gasteiger partial charge in [0.25, 0.3) is 0 Å². The molecule has 0 aliphatic heterocycles. The number of hydrogen-bond donors (Lipinski definition) is 1. The van der Waals surface area contributed by atoms with Crippen LogP contribution in [0.5, 0.6) is 0 Å². The zero-order chi connectivity index (χ0) is 22.0. The second-order valence-electron chi connectivity index (χ2n) is 7.91. The molecule has 1 rings (SSSR count). The Bertz CT molecular complexity index is 658. The van der Waals surface area contributed by atoms with E-state index in [4.69, 9.17) is 14.2 Å². The number of hydrogen-bond acceptors (Lipinski definition) is 6. The number of allylic oxidation sites excluding steroid dienone is 4. The Hall–Kier alpha value is -1.92. The molecular weight excluding hydrogens is 372 g/mol. The molecule has 0 saturated heterocycles. The van der Waals surface area contributed by atoms with Gasteiger partial charge in [0.2, 0.25) is 0 Å². The summed E-state index contributed by atoms with van der Waals surface area (Å²) < 4.78 is 15.4. The van der Waals surface area contributed by atoms with Gasteiger partial charge in [-0.05, 0) is 51.4 Å². The van der Waals surface area contributed by atoms with Crippen molar-refractivity contribution in [1.29, 1.82) is 0 Å². The number of ether oxygens (including phenoxy) is 3. The highest BCUT2D eigenvalue weighted by Gasteiger charge is 2.32. The molecule has 6 nitrogen and oxygen atoms in total. The van der Waals surface area contributed by atoms with Crippen LogP contribution in [0.25, 0.3) is 0 Å². The van der Waals surface area contributed by atoms with Gasteiger partial charge in [-0.3, -0.25) is 0 Å². The van der Waals surface area contributed by atoms with Gasteiger partial charge in [0.05, 0.1) is 25.9 Å². The molecule has 0 aromatic carbocycles. The zero-order valence-electron chi connectivity index (χ0n) is 18.6. The van der Waals surface area contributed by atoms with Gasteiger partial charge in [-0.25, -0.2) is 9.59 Å². The molecule has 0 aromatic heterocycles. The van der Waals surface area contributed by atoms with Crippen molar-refractivity contribution in [1.82, 2.24) is 0 Å². The molecular formula is C23H36O6. The number of rotatable bonds is 4. The van der Waals surface area contributed by atoms with Crippen LogP contribution in [0, 0.1) is 5.92 Å². The highest BCUT2D eigenvalue weighted by atomic mass is 16.5. The fourth-order valence-corrected chi connectivity index (χ4v) is 3.39. The lowest BCUT2D eigenvalue weighted by Gasteiger charge is -2.33. The quantitative estimate of drug-likeness (QED) is 0.711. The monoisotopic (exact) mass is 408 g/mol. The standard InChI is InChI=1S/C23H36O6/c1-16(2)17-9-11-18(21(25)27-4)8-7-15-23(3,29-6)20(24)14-13-19(12-10-17)22(26)28-5/h8,10,12,16,20,24H,7,9,11,13-15H2,1-6H3/b17-10-,18-8-,19-12+/t20-,23-/m0/s1. The summed E-state index contributed by atoms with van der Waals surface area (Å²) in [6.45, 7) is 6.00. The van der Waals surface area contributed by atoms with Crippen LogP contribution >= 0.6 is 0 Å². The summed E-state index contributed by atoms with van der Waals surface area (Å²) in [7, 11) is 4.29. The van der Waals surface area contributed by atoms with Crippen molar-refractivity contribution in [2.75, 3.05) is 21.3 Å².